The Kier molecular flexibility index (Phi) is 6.07. The average molecular weight is 329 g/mol. The summed E-state index contributed by atoms with van der Waals surface area (Å²) in [6.07, 6.45) is 1.08. The SMILES string of the molecule is CCc1ccccc1NC(=O)Cc1cc(OC)c(OC)c(OC)c1. The molecular formula is C19H23NO4. The number of ether oxygens (including phenoxy) is 3. The maximum Gasteiger partial charge on any atom is 0.228 e. The Hall–Kier alpha value is -2.69. The van der Waals surface area contributed by atoms with Crippen LogP contribution in [0.3, 0.4) is 0 Å². The van der Waals surface area contributed by atoms with E-state index in [1.807, 2.05) is 24.3 Å². The van der Waals surface area contributed by atoms with Crippen LogP contribution in [-0.4, -0.2) is 27.2 Å². The summed E-state index contributed by atoms with van der Waals surface area (Å²) in [4.78, 5) is 12.4. The molecule has 5 heteroatoms. The van der Waals surface area contributed by atoms with E-state index in [1.54, 1.807) is 33.5 Å². The zero-order valence-electron chi connectivity index (χ0n) is 14.5. The molecule has 0 aromatic heterocycles. The molecule has 0 bridgehead atoms. The third kappa shape index (κ3) is 3.98. The molecule has 128 valence electrons. The molecule has 0 fully saturated rings. The first kappa shape index (κ1) is 17.7. The van der Waals surface area contributed by atoms with Gasteiger partial charge in [-0.1, -0.05) is 25.1 Å². The van der Waals surface area contributed by atoms with Gasteiger partial charge in [0.1, 0.15) is 0 Å². The number of carbonyl (C=O) groups is 1. The molecule has 0 heterocycles. The molecule has 1 N–H and O–H groups in total. The predicted molar refractivity (Wildman–Crippen MR) is 94.3 cm³/mol. The van der Waals surface area contributed by atoms with Crippen molar-refractivity contribution in [3.63, 3.8) is 0 Å². The number of benzene rings is 2. The van der Waals surface area contributed by atoms with Gasteiger partial charge in [-0.3, -0.25) is 4.79 Å². The standard InChI is InChI=1S/C19H23NO4/c1-5-14-8-6-7-9-15(14)20-18(21)12-13-10-16(22-2)19(24-4)17(11-13)23-3/h6-11H,5,12H2,1-4H3,(H,20,21). The molecule has 0 atom stereocenters. The Bertz CT molecular complexity index is 687. The first-order valence-electron chi connectivity index (χ1n) is 7.79. The van der Waals surface area contributed by atoms with Gasteiger partial charge in [-0.25, -0.2) is 0 Å². The van der Waals surface area contributed by atoms with Gasteiger partial charge in [0.2, 0.25) is 11.7 Å². The quantitative estimate of drug-likeness (QED) is 0.845. The molecule has 0 aliphatic heterocycles. The molecule has 0 aliphatic carbocycles. The van der Waals surface area contributed by atoms with Crippen LogP contribution in [0.25, 0.3) is 0 Å². The monoisotopic (exact) mass is 329 g/mol. The molecule has 0 unspecified atom stereocenters. The molecule has 2 rings (SSSR count). The van der Waals surface area contributed by atoms with Crippen molar-refractivity contribution in [2.75, 3.05) is 26.6 Å². The molecule has 0 spiro atoms. The van der Waals surface area contributed by atoms with Gasteiger partial charge in [0, 0.05) is 5.69 Å². The minimum absolute atomic E-state index is 0.0924. The lowest BCUT2D eigenvalue weighted by Crippen LogP contribution is -2.15. The van der Waals surface area contributed by atoms with Crippen LogP contribution in [0.2, 0.25) is 0 Å². The minimum atomic E-state index is -0.0924. The second-order valence-electron chi connectivity index (χ2n) is 5.27. The molecule has 1 amide bonds. The van der Waals surface area contributed by atoms with Crippen LogP contribution in [-0.2, 0) is 17.6 Å². The molecule has 2 aromatic carbocycles. The number of methoxy groups -OCH3 is 3. The van der Waals surface area contributed by atoms with E-state index >= 15 is 0 Å². The Balaban J connectivity index is 2.19. The van der Waals surface area contributed by atoms with Gasteiger partial charge >= 0.3 is 0 Å². The fourth-order valence-corrected chi connectivity index (χ4v) is 2.57. The molecule has 24 heavy (non-hydrogen) atoms. The highest BCUT2D eigenvalue weighted by Gasteiger charge is 2.15. The van der Waals surface area contributed by atoms with Crippen molar-refractivity contribution in [1.82, 2.24) is 0 Å². The van der Waals surface area contributed by atoms with Crippen LogP contribution in [0.5, 0.6) is 17.2 Å². The van der Waals surface area contributed by atoms with Crippen molar-refractivity contribution < 1.29 is 19.0 Å². The molecular weight excluding hydrogens is 306 g/mol. The summed E-state index contributed by atoms with van der Waals surface area (Å²) in [6.45, 7) is 2.06. The van der Waals surface area contributed by atoms with Gasteiger partial charge in [-0.2, -0.15) is 0 Å². The summed E-state index contributed by atoms with van der Waals surface area (Å²) < 4.78 is 15.9. The number of carbonyl (C=O) groups excluding carboxylic acids is 1. The van der Waals surface area contributed by atoms with E-state index in [2.05, 4.69) is 12.2 Å². The number of anilines is 1. The normalized spacial score (nSPS) is 10.2. The molecule has 0 saturated heterocycles. The smallest absolute Gasteiger partial charge is 0.228 e. The number of amides is 1. The van der Waals surface area contributed by atoms with E-state index in [1.165, 1.54) is 0 Å². The first-order chi connectivity index (χ1) is 11.6. The topological polar surface area (TPSA) is 56.8 Å². The highest BCUT2D eigenvalue weighted by Crippen LogP contribution is 2.38. The van der Waals surface area contributed by atoms with Gasteiger partial charge < -0.3 is 19.5 Å². The fourth-order valence-electron chi connectivity index (χ4n) is 2.57. The van der Waals surface area contributed by atoms with Crippen LogP contribution >= 0.6 is 0 Å². The van der Waals surface area contributed by atoms with Crippen LogP contribution in [0.4, 0.5) is 5.69 Å². The summed E-state index contributed by atoms with van der Waals surface area (Å²) >= 11 is 0. The summed E-state index contributed by atoms with van der Waals surface area (Å²) in [5.41, 5.74) is 2.74. The van der Waals surface area contributed by atoms with Gasteiger partial charge in [-0.15, -0.1) is 0 Å². The molecule has 5 nitrogen and oxygen atoms in total. The number of rotatable bonds is 7. The molecule has 0 aliphatic rings. The lowest BCUT2D eigenvalue weighted by molar-refractivity contribution is -0.115. The molecule has 0 saturated carbocycles. The number of para-hydroxylation sites is 1. The minimum Gasteiger partial charge on any atom is -0.493 e. The van der Waals surface area contributed by atoms with Gasteiger partial charge in [0.05, 0.1) is 27.8 Å². The van der Waals surface area contributed by atoms with Crippen molar-refractivity contribution in [2.24, 2.45) is 0 Å². The van der Waals surface area contributed by atoms with Crippen LogP contribution in [0.1, 0.15) is 18.1 Å². The van der Waals surface area contributed by atoms with Crippen LogP contribution in [0.15, 0.2) is 36.4 Å². The number of nitrogens with one attached hydrogen (secondary N) is 1. The fraction of sp³-hybridized carbons (Fsp3) is 0.316. The van der Waals surface area contributed by atoms with Gasteiger partial charge in [0.25, 0.3) is 0 Å². The van der Waals surface area contributed by atoms with E-state index in [4.69, 9.17) is 14.2 Å². The van der Waals surface area contributed by atoms with E-state index < -0.39 is 0 Å². The van der Waals surface area contributed by atoms with Crippen molar-refractivity contribution in [1.29, 1.82) is 0 Å². The highest BCUT2D eigenvalue weighted by atomic mass is 16.5. The number of hydrogen-bond acceptors (Lipinski definition) is 4. The second-order valence-corrected chi connectivity index (χ2v) is 5.27. The third-order valence-corrected chi connectivity index (χ3v) is 3.76. The highest BCUT2D eigenvalue weighted by molar-refractivity contribution is 5.93. The second kappa shape index (κ2) is 8.24. The summed E-state index contributed by atoms with van der Waals surface area (Å²) in [5, 5.41) is 2.96. The number of hydrogen-bond donors (Lipinski definition) is 1. The largest absolute Gasteiger partial charge is 0.493 e. The third-order valence-electron chi connectivity index (χ3n) is 3.76. The maximum absolute atomic E-state index is 12.4. The Morgan fingerprint density at radius 2 is 1.62 bits per heavy atom. The molecule has 0 radical (unpaired) electrons. The predicted octanol–water partition coefficient (Wildman–Crippen LogP) is 3.46. The summed E-state index contributed by atoms with van der Waals surface area (Å²) in [6, 6.07) is 11.4. The molecule has 2 aromatic rings. The van der Waals surface area contributed by atoms with E-state index in [0.29, 0.717) is 17.2 Å². The van der Waals surface area contributed by atoms with Crippen molar-refractivity contribution >= 4 is 11.6 Å². The van der Waals surface area contributed by atoms with E-state index in [9.17, 15) is 4.79 Å². The van der Waals surface area contributed by atoms with Gasteiger partial charge in [0.15, 0.2) is 11.5 Å². The van der Waals surface area contributed by atoms with Crippen LogP contribution in [0, 0.1) is 0 Å². The lowest BCUT2D eigenvalue weighted by Gasteiger charge is -2.14. The Morgan fingerprint density at radius 3 is 2.17 bits per heavy atom. The van der Waals surface area contributed by atoms with Crippen LogP contribution < -0.4 is 19.5 Å². The zero-order valence-corrected chi connectivity index (χ0v) is 14.5. The van der Waals surface area contributed by atoms with Crippen molar-refractivity contribution in [3.8, 4) is 17.2 Å². The summed E-state index contributed by atoms with van der Waals surface area (Å²) in [7, 11) is 4.66. The van der Waals surface area contributed by atoms with E-state index in [-0.39, 0.29) is 12.3 Å². The van der Waals surface area contributed by atoms with Crippen molar-refractivity contribution in [2.45, 2.75) is 19.8 Å². The average Bonchev–Trinajstić information content (AvgIpc) is 2.61. The van der Waals surface area contributed by atoms with E-state index in [0.717, 1.165) is 23.2 Å². The lowest BCUT2D eigenvalue weighted by atomic mass is 10.1. The zero-order chi connectivity index (χ0) is 17.5. The number of aryl methyl sites for hydroxylation is 1. The summed E-state index contributed by atoms with van der Waals surface area (Å²) in [5.74, 6) is 1.49. The Labute approximate surface area is 142 Å². The van der Waals surface area contributed by atoms with Crippen molar-refractivity contribution in [3.05, 3.63) is 47.5 Å². The Morgan fingerprint density at radius 1 is 1.00 bits per heavy atom. The maximum atomic E-state index is 12.4. The van der Waals surface area contributed by atoms with Gasteiger partial charge in [-0.05, 0) is 35.7 Å². The first-order valence-corrected chi connectivity index (χ1v) is 7.79.